The molecule has 2 amide bonds. The maximum absolute atomic E-state index is 12.8. The van der Waals surface area contributed by atoms with Gasteiger partial charge in [-0.05, 0) is 41.5 Å². The van der Waals surface area contributed by atoms with E-state index in [-0.39, 0.29) is 43.9 Å². The van der Waals surface area contributed by atoms with Crippen LogP contribution in [0.2, 0.25) is 5.02 Å². The van der Waals surface area contributed by atoms with Gasteiger partial charge in [0.2, 0.25) is 18.6 Å². The largest absolute Gasteiger partial charge is 0.454 e. The van der Waals surface area contributed by atoms with Gasteiger partial charge in [-0.3, -0.25) is 9.59 Å². The van der Waals surface area contributed by atoms with E-state index in [1.165, 1.54) is 18.2 Å². The highest BCUT2D eigenvalue weighted by Crippen LogP contribution is 2.40. The first-order valence-corrected chi connectivity index (χ1v) is 8.95. The number of fused-ring (bicyclic) bond motifs is 1. The summed E-state index contributed by atoms with van der Waals surface area (Å²) in [5.74, 6) is 0.187. The van der Waals surface area contributed by atoms with Crippen molar-refractivity contribution in [3.63, 3.8) is 0 Å². The maximum atomic E-state index is 12.8. The number of ether oxygens (including phenoxy) is 2. The third kappa shape index (κ3) is 5.47. The van der Waals surface area contributed by atoms with Gasteiger partial charge in [-0.25, -0.2) is 4.39 Å². The Hall–Kier alpha value is -3.06. The first-order chi connectivity index (χ1) is 13.5. The van der Waals surface area contributed by atoms with Gasteiger partial charge in [-0.2, -0.15) is 0 Å². The molecule has 2 aromatic carbocycles. The van der Waals surface area contributed by atoms with E-state index in [0.29, 0.717) is 27.6 Å². The molecule has 1 heterocycles. The Kier molecular flexibility index (Phi) is 6.49. The summed E-state index contributed by atoms with van der Waals surface area (Å²) < 4.78 is 23.3. The average molecular weight is 405 g/mol. The Labute approximate surface area is 166 Å². The van der Waals surface area contributed by atoms with Crippen molar-refractivity contribution in [2.45, 2.75) is 6.42 Å². The van der Waals surface area contributed by atoms with Crippen molar-refractivity contribution in [2.75, 3.05) is 19.9 Å². The Morgan fingerprint density at radius 3 is 2.64 bits per heavy atom. The molecule has 0 atom stereocenters. The highest BCUT2D eigenvalue weighted by Gasteiger charge is 2.17. The molecule has 0 aliphatic carbocycles. The van der Waals surface area contributed by atoms with E-state index in [1.54, 1.807) is 30.3 Å². The molecule has 2 aromatic rings. The summed E-state index contributed by atoms with van der Waals surface area (Å²) in [5.41, 5.74) is 1.42. The second-order valence-electron chi connectivity index (χ2n) is 6.01. The lowest BCUT2D eigenvalue weighted by Gasteiger charge is -2.06. The molecule has 1 aliphatic heterocycles. The van der Waals surface area contributed by atoms with Gasteiger partial charge in [-0.1, -0.05) is 23.7 Å². The summed E-state index contributed by atoms with van der Waals surface area (Å²) in [6.07, 6.45) is 3.13. The summed E-state index contributed by atoms with van der Waals surface area (Å²) in [6, 6.07) is 9.14. The van der Waals surface area contributed by atoms with Gasteiger partial charge in [0.05, 0.1) is 11.4 Å². The van der Waals surface area contributed by atoms with E-state index in [2.05, 4.69) is 10.6 Å². The zero-order valence-corrected chi connectivity index (χ0v) is 15.6. The van der Waals surface area contributed by atoms with Crippen LogP contribution >= 0.6 is 11.6 Å². The second-order valence-corrected chi connectivity index (χ2v) is 6.42. The van der Waals surface area contributed by atoms with E-state index in [4.69, 9.17) is 21.1 Å². The van der Waals surface area contributed by atoms with Crippen molar-refractivity contribution in [2.24, 2.45) is 0 Å². The summed E-state index contributed by atoms with van der Waals surface area (Å²) in [6.45, 7) is 0.686. The minimum absolute atomic E-state index is 0.121. The van der Waals surface area contributed by atoms with Crippen LogP contribution in [0.5, 0.6) is 11.5 Å². The predicted octanol–water partition coefficient (Wildman–Crippen LogP) is 2.70. The molecular weight excluding hydrogens is 387 g/mol. The molecule has 6 nitrogen and oxygen atoms in total. The first kappa shape index (κ1) is 19.7. The Morgan fingerprint density at radius 1 is 1.11 bits per heavy atom. The molecule has 0 saturated heterocycles. The van der Waals surface area contributed by atoms with Crippen LogP contribution in [0, 0.1) is 5.82 Å². The normalized spacial score (nSPS) is 12.2. The standard InChI is InChI=1S/C20H18ClFN2O4/c21-16-9-14(10-17-20(16)28-12-27-17)3-6-18(25)23-7-8-24-19(26)11-13-1-4-15(22)5-2-13/h1-6,9-10H,7-8,11-12H2,(H,23,25)(H,24,26)/b6-3+. The number of rotatable bonds is 7. The summed E-state index contributed by atoms with van der Waals surface area (Å²) >= 11 is 6.09. The van der Waals surface area contributed by atoms with Crippen LogP contribution in [-0.2, 0) is 16.0 Å². The molecule has 146 valence electrons. The summed E-state index contributed by atoms with van der Waals surface area (Å²) in [7, 11) is 0. The van der Waals surface area contributed by atoms with Crippen molar-refractivity contribution >= 4 is 29.5 Å². The van der Waals surface area contributed by atoms with Crippen LogP contribution in [0.3, 0.4) is 0 Å². The van der Waals surface area contributed by atoms with Crippen molar-refractivity contribution in [1.29, 1.82) is 0 Å². The second kappa shape index (κ2) is 9.23. The average Bonchev–Trinajstić information content (AvgIpc) is 3.15. The summed E-state index contributed by atoms with van der Waals surface area (Å²) in [5, 5.41) is 5.77. The fourth-order valence-corrected chi connectivity index (χ4v) is 2.83. The van der Waals surface area contributed by atoms with Gasteiger partial charge in [0.25, 0.3) is 0 Å². The van der Waals surface area contributed by atoms with Gasteiger partial charge in [0, 0.05) is 19.2 Å². The van der Waals surface area contributed by atoms with Crippen LogP contribution in [0.1, 0.15) is 11.1 Å². The maximum Gasteiger partial charge on any atom is 0.244 e. The van der Waals surface area contributed by atoms with E-state index in [9.17, 15) is 14.0 Å². The monoisotopic (exact) mass is 404 g/mol. The minimum atomic E-state index is -0.344. The zero-order chi connectivity index (χ0) is 19.9. The zero-order valence-electron chi connectivity index (χ0n) is 14.8. The number of nitrogens with one attached hydrogen (secondary N) is 2. The van der Waals surface area contributed by atoms with Crippen LogP contribution in [-0.4, -0.2) is 31.7 Å². The lowest BCUT2D eigenvalue weighted by Crippen LogP contribution is -2.34. The topological polar surface area (TPSA) is 76.7 Å². The highest BCUT2D eigenvalue weighted by atomic mass is 35.5. The van der Waals surface area contributed by atoms with Gasteiger partial charge < -0.3 is 20.1 Å². The third-order valence-corrected chi connectivity index (χ3v) is 4.18. The molecule has 0 spiro atoms. The van der Waals surface area contributed by atoms with Crippen LogP contribution in [0.4, 0.5) is 4.39 Å². The number of carbonyl (C=O) groups is 2. The molecule has 8 heteroatoms. The molecule has 0 bridgehead atoms. The van der Waals surface area contributed by atoms with Crippen molar-refractivity contribution in [3.05, 3.63) is 64.4 Å². The Morgan fingerprint density at radius 2 is 1.86 bits per heavy atom. The van der Waals surface area contributed by atoms with E-state index in [0.717, 1.165) is 0 Å². The number of benzene rings is 2. The molecule has 2 N–H and O–H groups in total. The number of halogens is 2. The molecule has 0 aromatic heterocycles. The van der Waals surface area contributed by atoms with Gasteiger partial charge >= 0.3 is 0 Å². The molecule has 0 saturated carbocycles. The van der Waals surface area contributed by atoms with E-state index >= 15 is 0 Å². The molecule has 1 aliphatic rings. The Balaban J connectivity index is 1.38. The lowest BCUT2D eigenvalue weighted by atomic mass is 10.1. The van der Waals surface area contributed by atoms with E-state index in [1.807, 2.05) is 0 Å². The number of hydrogen-bond acceptors (Lipinski definition) is 4. The van der Waals surface area contributed by atoms with Crippen molar-refractivity contribution in [1.82, 2.24) is 10.6 Å². The number of carbonyl (C=O) groups excluding carboxylic acids is 2. The fraction of sp³-hybridized carbons (Fsp3) is 0.200. The molecule has 28 heavy (non-hydrogen) atoms. The first-order valence-electron chi connectivity index (χ1n) is 8.57. The number of hydrogen-bond donors (Lipinski definition) is 2. The predicted molar refractivity (Wildman–Crippen MR) is 103 cm³/mol. The lowest BCUT2D eigenvalue weighted by molar-refractivity contribution is -0.121. The Bertz CT molecular complexity index is 900. The van der Waals surface area contributed by atoms with E-state index < -0.39 is 0 Å². The van der Waals surface area contributed by atoms with Crippen LogP contribution < -0.4 is 20.1 Å². The fourth-order valence-electron chi connectivity index (χ4n) is 2.55. The van der Waals surface area contributed by atoms with Crippen molar-refractivity contribution < 1.29 is 23.5 Å². The molecular formula is C20H18ClFN2O4. The summed E-state index contributed by atoms with van der Waals surface area (Å²) in [4.78, 5) is 23.7. The molecule has 0 fully saturated rings. The van der Waals surface area contributed by atoms with Crippen LogP contribution in [0.15, 0.2) is 42.5 Å². The SMILES string of the molecule is O=C(/C=C/c1cc(Cl)c2c(c1)OCO2)NCCNC(=O)Cc1ccc(F)cc1. The smallest absolute Gasteiger partial charge is 0.244 e. The van der Waals surface area contributed by atoms with Gasteiger partial charge in [0.15, 0.2) is 11.5 Å². The molecule has 0 unspecified atom stereocenters. The van der Waals surface area contributed by atoms with Crippen LogP contribution in [0.25, 0.3) is 6.08 Å². The minimum Gasteiger partial charge on any atom is -0.454 e. The van der Waals surface area contributed by atoms with Gasteiger partial charge in [0.1, 0.15) is 5.82 Å². The molecule has 0 radical (unpaired) electrons. The van der Waals surface area contributed by atoms with Gasteiger partial charge in [-0.15, -0.1) is 0 Å². The third-order valence-electron chi connectivity index (χ3n) is 3.90. The highest BCUT2D eigenvalue weighted by molar-refractivity contribution is 6.32. The quantitative estimate of drug-likeness (QED) is 0.549. The number of amides is 2. The molecule has 3 rings (SSSR count). The van der Waals surface area contributed by atoms with Crippen molar-refractivity contribution in [3.8, 4) is 11.5 Å².